The molecule has 0 saturated heterocycles. The van der Waals surface area contributed by atoms with Gasteiger partial charge in [-0.05, 0) is 17.3 Å². The highest BCUT2D eigenvalue weighted by molar-refractivity contribution is 4.75. The summed E-state index contributed by atoms with van der Waals surface area (Å²) in [6.07, 6.45) is 0.897. The molecule has 0 aromatic carbocycles. The van der Waals surface area contributed by atoms with E-state index < -0.39 is 5.09 Å². The van der Waals surface area contributed by atoms with Crippen LogP contribution < -0.4 is 0 Å². The van der Waals surface area contributed by atoms with E-state index in [1.54, 1.807) is 0 Å². The Kier molecular flexibility index (Phi) is 3.70. The Labute approximate surface area is 79.4 Å². The van der Waals surface area contributed by atoms with Crippen LogP contribution in [0.25, 0.3) is 0 Å². The maximum atomic E-state index is 9.99. The van der Waals surface area contributed by atoms with E-state index in [4.69, 9.17) is 0 Å². The molecular weight excluding hydrogens is 170 g/mol. The molecule has 0 aliphatic heterocycles. The summed E-state index contributed by atoms with van der Waals surface area (Å²) in [5, 5.41) is 9.26. The predicted octanol–water partition coefficient (Wildman–Crippen LogP) is 2.66. The molecule has 0 aliphatic rings. The summed E-state index contributed by atoms with van der Waals surface area (Å²) in [7, 11) is 0. The van der Waals surface area contributed by atoms with Gasteiger partial charge >= 0.3 is 0 Å². The van der Waals surface area contributed by atoms with Crippen molar-refractivity contribution in [3.05, 3.63) is 10.1 Å². The molecule has 0 spiro atoms. The van der Waals surface area contributed by atoms with E-state index in [2.05, 4.69) is 25.6 Å². The first-order valence-electron chi connectivity index (χ1n) is 4.40. The van der Waals surface area contributed by atoms with Gasteiger partial charge in [-0.3, -0.25) is 0 Å². The molecule has 13 heavy (non-hydrogen) atoms. The van der Waals surface area contributed by atoms with Gasteiger partial charge in [0.25, 0.3) is 5.09 Å². The molecule has 0 radical (unpaired) electrons. The maximum Gasteiger partial charge on any atom is 0.294 e. The van der Waals surface area contributed by atoms with Crippen molar-refractivity contribution in [2.75, 3.05) is 6.61 Å². The van der Waals surface area contributed by atoms with Crippen LogP contribution in [0.5, 0.6) is 0 Å². The highest BCUT2D eigenvalue weighted by atomic mass is 16.9. The van der Waals surface area contributed by atoms with Gasteiger partial charge < -0.3 is 4.84 Å². The van der Waals surface area contributed by atoms with Crippen LogP contribution in [0.15, 0.2) is 0 Å². The summed E-state index contributed by atoms with van der Waals surface area (Å²) in [6.45, 7) is 10.4. The number of hydrogen-bond donors (Lipinski definition) is 0. The second-order valence-corrected chi connectivity index (χ2v) is 5.40. The van der Waals surface area contributed by atoms with Crippen molar-refractivity contribution >= 4 is 0 Å². The summed E-state index contributed by atoms with van der Waals surface area (Å²) in [6, 6.07) is 0. The lowest BCUT2D eigenvalue weighted by atomic mass is 9.77. The van der Waals surface area contributed by atoms with Crippen LogP contribution in [0, 0.1) is 20.9 Å². The van der Waals surface area contributed by atoms with Crippen LogP contribution in [0.3, 0.4) is 0 Å². The Bertz CT molecular complexity index is 182. The lowest BCUT2D eigenvalue weighted by Crippen LogP contribution is -2.26. The van der Waals surface area contributed by atoms with Crippen molar-refractivity contribution in [2.24, 2.45) is 10.8 Å². The SMILES string of the molecule is CC(C)(C)CC(C)(C)CO[N+](=O)[O-]. The molecule has 0 aliphatic carbocycles. The second kappa shape index (κ2) is 3.94. The number of hydrogen-bond acceptors (Lipinski definition) is 3. The molecule has 0 fully saturated rings. The normalized spacial score (nSPS) is 12.7. The Hall–Kier alpha value is -0.800. The third kappa shape index (κ3) is 7.56. The fraction of sp³-hybridized carbons (Fsp3) is 1.00. The molecule has 0 atom stereocenters. The van der Waals surface area contributed by atoms with E-state index in [-0.39, 0.29) is 17.4 Å². The van der Waals surface area contributed by atoms with Gasteiger partial charge in [0.2, 0.25) is 0 Å². The lowest BCUT2D eigenvalue weighted by Gasteiger charge is -2.31. The molecule has 4 nitrogen and oxygen atoms in total. The summed E-state index contributed by atoms with van der Waals surface area (Å²) >= 11 is 0. The zero-order valence-corrected chi connectivity index (χ0v) is 9.09. The molecule has 0 saturated carbocycles. The Morgan fingerprint density at radius 2 is 1.69 bits per heavy atom. The van der Waals surface area contributed by atoms with E-state index in [0.29, 0.717) is 0 Å². The van der Waals surface area contributed by atoms with Crippen molar-refractivity contribution in [3.8, 4) is 0 Å². The van der Waals surface area contributed by atoms with E-state index in [1.807, 2.05) is 13.8 Å². The van der Waals surface area contributed by atoms with E-state index >= 15 is 0 Å². The third-order valence-electron chi connectivity index (χ3n) is 1.57. The minimum absolute atomic E-state index is 0.147. The van der Waals surface area contributed by atoms with Crippen molar-refractivity contribution in [3.63, 3.8) is 0 Å². The number of nitrogens with zero attached hydrogens (tertiary/aromatic N) is 1. The van der Waals surface area contributed by atoms with Gasteiger partial charge in [-0.2, -0.15) is 0 Å². The zero-order valence-electron chi connectivity index (χ0n) is 9.09. The monoisotopic (exact) mass is 189 g/mol. The smallest absolute Gasteiger partial charge is 0.294 e. The van der Waals surface area contributed by atoms with Crippen molar-refractivity contribution in [1.82, 2.24) is 0 Å². The molecule has 0 aromatic rings. The summed E-state index contributed by atoms with van der Waals surface area (Å²) in [4.78, 5) is 14.4. The van der Waals surface area contributed by atoms with Gasteiger partial charge in [0, 0.05) is 0 Å². The molecule has 0 rings (SSSR count). The maximum absolute atomic E-state index is 9.99. The predicted molar refractivity (Wildman–Crippen MR) is 50.8 cm³/mol. The Morgan fingerprint density at radius 3 is 2.00 bits per heavy atom. The molecular formula is C9H19NO3. The Balaban J connectivity index is 4.01. The first kappa shape index (κ1) is 12.2. The van der Waals surface area contributed by atoms with Gasteiger partial charge in [0.1, 0.15) is 6.61 Å². The van der Waals surface area contributed by atoms with Crippen LogP contribution in [-0.2, 0) is 4.84 Å². The van der Waals surface area contributed by atoms with Crippen LogP contribution >= 0.6 is 0 Å². The van der Waals surface area contributed by atoms with Crippen LogP contribution in [-0.4, -0.2) is 11.7 Å². The summed E-state index contributed by atoms with van der Waals surface area (Å²) in [5.74, 6) is 0. The molecule has 0 bridgehead atoms. The largest absolute Gasteiger partial charge is 0.313 e. The quantitative estimate of drug-likeness (QED) is 0.504. The molecule has 0 N–H and O–H groups in total. The van der Waals surface area contributed by atoms with Crippen molar-refractivity contribution in [2.45, 2.75) is 41.0 Å². The highest BCUT2D eigenvalue weighted by Gasteiger charge is 2.26. The molecule has 0 unspecified atom stereocenters. The van der Waals surface area contributed by atoms with Crippen LogP contribution in [0.2, 0.25) is 0 Å². The van der Waals surface area contributed by atoms with E-state index in [9.17, 15) is 10.1 Å². The van der Waals surface area contributed by atoms with Gasteiger partial charge in [-0.15, -0.1) is 10.1 Å². The van der Waals surface area contributed by atoms with Crippen molar-refractivity contribution in [1.29, 1.82) is 0 Å². The van der Waals surface area contributed by atoms with Gasteiger partial charge in [-0.25, -0.2) is 0 Å². The van der Waals surface area contributed by atoms with Crippen LogP contribution in [0.1, 0.15) is 41.0 Å². The lowest BCUT2D eigenvalue weighted by molar-refractivity contribution is -0.760. The molecule has 4 heteroatoms. The molecule has 78 valence electrons. The van der Waals surface area contributed by atoms with Crippen LogP contribution in [0.4, 0.5) is 0 Å². The van der Waals surface area contributed by atoms with Gasteiger partial charge in [-0.1, -0.05) is 34.6 Å². The van der Waals surface area contributed by atoms with E-state index in [0.717, 1.165) is 6.42 Å². The van der Waals surface area contributed by atoms with Crippen molar-refractivity contribution < 1.29 is 9.92 Å². The molecule has 0 amide bonds. The van der Waals surface area contributed by atoms with Gasteiger partial charge in [0.15, 0.2) is 0 Å². The first-order valence-corrected chi connectivity index (χ1v) is 4.40. The number of rotatable bonds is 4. The fourth-order valence-electron chi connectivity index (χ4n) is 1.71. The van der Waals surface area contributed by atoms with E-state index in [1.165, 1.54) is 0 Å². The Morgan fingerprint density at radius 1 is 1.23 bits per heavy atom. The zero-order chi connectivity index (χ0) is 10.7. The topological polar surface area (TPSA) is 52.4 Å². The summed E-state index contributed by atoms with van der Waals surface area (Å²) in [5.41, 5.74) is 0.0226. The standard InChI is InChI=1S/C9H19NO3/c1-8(2,3)6-9(4,5)7-13-10(11)12/h6-7H2,1-5H3. The average Bonchev–Trinajstić information content (AvgIpc) is 1.78. The fourth-order valence-corrected chi connectivity index (χ4v) is 1.71. The molecule has 0 aromatic heterocycles. The summed E-state index contributed by atoms with van der Waals surface area (Å²) < 4.78 is 0. The average molecular weight is 189 g/mol. The third-order valence-corrected chi connectivity index (χ3v) is 1.57. The molecule has 0 heterocycles. The second-order valence-electron chi connectivity index (χ2n) is 5.40. The first-order chi connectivity index (χ1) is 5.62. The van der Waals surface area contributed by atoms with Gasteiger partial charge in [0.05, 0.1) is 0 Å². The minimum atomic E-state index is -0.732. The minimum Gasteiger partial charge on any atom is -0.313 e. The highest BCUT2D eigenvalue weighted by Crippen LogP contribution is 2.33.